The van der Waals surface area contributed by atoms with E-state index in [9.17, 15) is 40.7 Å². The molecule has 0 saturated carbocycles. The summed E-state index contributed by atoms with van der Waals surface area (Å²) in [5, 5.41) is 7.54. The van der Waals surface area contributed by atoms with Crippen molar-refractivity contribution in [3.05, 3.63) is 68.0 Å². The molecule has 0 spiro atoms. The van der Waals surface area contributed by atoms with E-state index < -0.39 is 48.1 Å². The highest BCUT2D eigenvalue weighted by Gasteiger charge is 2.46. The van der Waals surface area contributed by atoms with Crippen molar-refractivity contribution in [1.82, 2.24) is 4.90 Å². The number of alkyl halides is 6. The lowest BCUT2D eigenvalue weighted by Crippen LogP contribution is -2.37. The van der Waals surface area contributed by atoms with Crippen LogP contribution < -0.4 is 10.6 Å². The normalized spacial score (nSPS) is 15.6. The number of anilines is 2. The predicted molar refractivity (Wildman–Crippen MR) is 126 cm³/mol. The number of Topliss-reactive ketones (excluding diaryl/α,β-unsaturated/α-hetero) is 1. The Morgan fingerprint density at radius 1 is 1.13 bits per heavy atom. The van der Waals surface area contributed by atoms with Crippen LogP contribution >= 0.6 is 23.2 Å². The summed E-state index contributed by atoms with van der Waals surface area (Å²) < 4.78 is 76.5. The molecule has 9 nitrogen and oxygen atoms in total. The van der Waals surface area contributed by atoms with Crippen molar-refractivity contribution in [3.8, 4) is 0 Å². The Balaban J connectivity index is 0.000000268. The average molecular weight is 585 g/mol. The number of nitrogens with zero attached hydrogens (tertiary/aromatic N) is 4. The number of carbonyl (C=O) groups excluding carboxylic acids is 3. The summed E-state index contributed by atoms with van der Waals surface area (Å²) in [5.41, 5.74) is 6.98. The molecule has 1 aliphatic rings. The maximum absolute atomic E-state index is 13.1. The van der Waals surface area contributed by atoms with Crippen molar-refractivity contribution in [1.29, 1.82) is 0 Å². The minimum Gasteiger partial charge on any atom is -0.325 e. The number of fused-ring (bicyclic) bond motifs is 1. The molecule has 1 atom stereocenters. The molecular formula is C21H16Cl2F6N6O3. The van der Waals surface area contributed by atoms with Gasteiger partial charge in [0.15, 0.2) is 0 Å². The van der Waals surface area contributed by atoms with Crippen LogP contribution in [0.1, 0.15) is 22.0 Å². The number of nitrogens with one attached hydrogen (secondary N) is 2. The van der Waals surface area contributed by atoms with Gasteiger partial charge in [0.2, 0.25) is 11.8 Å². The predicted octanol–water partition coefficient (Wildman–Crippen LogP) is 6.16. The quantitative estimate of drug-likeness (QED) is 0.147. The number of hydrogen-bond donors (Lipinski definition) is 2. The zero-order valence-electron chi connectivity index (χ0n) is 19.0. The molecule has 0 aromatic heterocycles. The fourth-order valence-corrected chi connectivity index (χ4v) is 3.65. The Hall–Kier alpha value is -3.52. The van der Waals surface area contributed by atoms with E-state index in [2.05, 4.69) is 15.3 Å². The first kappa shape index (κ1) is 30.7. The van der Waals surface area contributed by atoms with Gasteiger partial charge in [-0.25, -0.2) is 0 Å². The van der Waals surface area contributed by atoms with Crippen LogP contribution in [0.4, 0.5) is 37.7 Å². The summed E-state index contributed by atoms with van der Waals surface area (Å²) in [5.74, 6) is -3.48. The van der Waals surface area contributed by atoms with E-state index in [4.69, 9.17) is 28.7 Å². The SMILES string of the molecule is CN1CC(=O)Nc2ccc(Cl)cc2C1C(F)(F)F.[N-]=[N+]=NCC(=O)Nc1ccc(Cl)cc1C(=O)C(F)(F)F. The largest absolute Gasteiger partial charge is 0.454 e. The van der Waals surface area contributed by atoms with Crippen LogP contribution in [0.15, 0.2) is 41.5 Å². The number of hydrogen-bond acceptors (Lipinski definition) is 5. The van der Waals surface area contributed by atoms with Crippen molar-refractivity contribution < 1.29 is 40.7 Å². The molecule has 0 fully saturated rings. The summed E-state index contributed by atoms with van der Waals surface area (Å²) in [4.78, 5) is 37.2. The van der Waals surface area contributed by atoms with Gasteiger partial charge in [-0.3, -0.25) is 19.3 Å². The highest BCUT2D eigenvalue weighted by atomic mass is 35.5. The number of azide groups is 1. The molecule has 0 saturated heterocycles. The van der Waals surface area contributed by atoms with Crippen LogP contribution in [0.2, 0.25) is 10.0 Å². The van der Waals surface area contributed by atoms with E-state index in [0.29, 0.717) is 0 Å². The third kappa shape index (κ3) is 8.25. The van der Waals surface area contributed by atoms with Gasteiger partial charge in [0.1, 0.15) is 12.6 Å². The molecule has 204 valence electrons. The number of ketones is 1. The molecule has 1 heterocycles. The van der Waals surface area contributed by atoms with Crippen molar-refractivity contribution in [2.75, 3.05) is 30.8 Å². The van der Waals surface area contributed by atoms with E-state index in [1.165, 1.54) is 31.3 Å². The topological polar surface area (TPSA) is 127 Å². The Bertz CT molecular complexity index is 1280. The van der Waals surface area contributed by atoms with Crippen molar-refractivity contribution in [2.45, 2.75) is 18.4 Å². The van der Waals surface area contributed by atoms with E-state index in [0.717, 1.165) is 17.0 Å². The number of likely N-dealkylation sites (N-methyl/N-ethyl adjacent to an activating group) is 1. The van der Waals surface area contributed by atoms with Crippen molar-refractivity contribution in [3.63, 3.8) is 0 Å². The molecule has 2 amide bonds. The maximum Gasteiger partial charge on any atom is 0.454 e. The van der Waals surface area contributed by atoms with Crippen LogP contribution in [0, 0.1) is 0 Å². The van der Waals surface area contributed by atoms with E-state index in [1.54, 1.807) is 0 Å². The molecule has 3 rings (SSSR count). The van der Waals surface area contributed by atoms with Crippen LogP contribution in [0.3, 0.4) is 0 Å². The fraction of sp³-hybridized carbons (Fsp3) is 0.286. The summed E-state index contributed by atoms with van der Waals surface area (Å²) >= 11 is 11.3. The van der Waals surface area contributed by atoms with Gasteiger partial charge in [0.25, 0.3) is 5.78 Å². The Morgan fingerprint density at radius 3 is 2.32 bits per heavy atom. The monoisotopic (exact) mass is 584 g/mol. The molecule has 17 heteroatoms. The number of benzene rings is 2. The van der Waals surface area contributed by atoms with Gasteiger partial charge in [-0.15, -0.1) is 0 Å². The minimum absolute atomic E-state index is 0.0386. The number of carbonyl (C=O) groups is 3. The van der Waals surface area contributed by atoms with Crippen LogP contribution in [0.25, 0.3) is 10.4 Å². The summed E-state index contributed by atoms with van der Waals surface area (Å²) in [7, 11) is 1.26. The zero-order chi connectivity index (χ0) is 28.8. The van der Waals surface area contributed by atoms with Gasteiger partial charge in [0, 0.05) is 26.2 Å². The van der Waals surface area contributed by atoms with Crippen molar-refractivity contribution in [2.24, 2.45) is 5.11 Å². The van der Waals surface area contributed by atoms with Gasteiger partial charge in [0.05, 0.1) is 17.8 Å². The second-order valence-corrected chi connectivity index (χ2v) is 8.47. The number of halogens is 8. The van der Waals surface area contributed by atoms with Gasteiger partial charge >= 0.3 is 12.4 Å². The molecule has 1 unspecified atom stereocenters. The summed E-state index contributed by atoms with van der Waals surface area (Å²) in [6.07, 6.45) is -9.57. The van der Waals surface area contributed by atoms with E-state index >= 15 is 0 Å². The third-order valence-corrected chi connectivity index (χ3v) is 5.23. The molecule has 2 aromatic carbocycles. The third-order valence-electron chi connectivity index (χ3n) is 4.76. The molecule has 0 bridgehead atoms. The molecule has 0 radical (unpaired) electrons. The second kappa shape index (κ2) is 12.3. The van der Waals surface area contributed by atoms with Crippen molar-refractivity contribution >= 4 is 52.2 Å². The molecule has 2 N–H and O–H groups in total. The number of rotatable bonds is 4. The first-order valence-electron chi connectivity index (χ1n) is 10.1. The smallest absolute Gasteiger partial charge is 0.325 e. The molecule has 1 aliphatic heterocycles. The Morgan fingerprint density at radius 2 is 1.74 bits per heavy atom. The first-order valence-corrected chi connectivity index (χ1v) is 10.9. The molecule has 0 aliphatic carbocycles. The van der Waals surface area contributed by atoms with Crippen LogP contribution in [-0.4, -0.2) is 55.0 Å². The standard InChI is InChI=1S/C11H10ClF3N2O.C10H6ClF3N4O2/c1-17-5-9(18)16-8-3-2-6(12)4-7(8)10(17)11(13,14)15;11-5-1-2-7(17-8(19)4-16-18-15)6(3-5)9(20)10(12,13)14/h2-4,10H,5H2,1H3,(H,16,18);1-3H,4H2,(H,17,19). The molecule has 2 aromatic rings. The summed E-state index contributed by atoms with van der Waals surface area (Å²) in [6, 6.07) is 5.27. The lowest BCUT2D eigenvalue weighted by atomic mass is 10.0. The van der Waals surface area contributed by atoms with Gasteiger partial charge in [-0.05, 0) is 49.0 Å². The first-order chi connectivity index (χ1) is 17.5. The molecule has 38 heavy (non-hydrogen) atoms. The molecular weight excluding hydrogens is 569 g/mol. The minimum atomic E-state index is -5.10. The highest BCUT2D eigenvalue weighted by Crippen LogP contribution is 2.42. The second-order valence-electron chi connectivity index (χ2n) is 7.59. The van der Waals surface area contributed by atoms with Gasteiger partial charge in [-0.1, -0.05) is 28.3 Å². The Kier molecular flexibility index (Phi) is 9.98. The average Bonchev–Trinajstić information content (AvgIpc) is 2.91. The lowest BCUT2D eigenvalue weighted by molar-refractivity contribution is -0.182. The highest BCUT2D eigenvalue weighted by molar-refractivity contribution is 6.31. The number of amides is 2. The maximum atomic E-state index is 13.1. The zero-order valence-corrected chi connectivity index (χ0v) is 20.5. The van der Waals surface area contributed by atoms with E-state index in [-0.39, 0.29) is 33.5 Å². The Labute approximate surface area is 220 Å². The summed E-state index contributed by atoms with van der Waals surface area (Å²) in [6.45, 7) is -0.935. The van der Waals surface area contributed by atoms with Gasteiger partial charge in [-0.2, -0.15) is 26.3 Å². The lowest BCUT2D eigenvalue weighted by Gasteiger charge is -2.28. The van der Waals surface area contributed by atoms with Crippen LogP contribution in [-0.2, 0) is 9.59 Å². The fourth-order valence-electron chi connectivity index (χ4n) is 3.30. The van der Waals surface area contributed by atoms with Crippen LogP contribution in [0.5, 0.6) is 0 Å². The van der Waals surface area contributed by atoms with Gasteiger partial charge < -0.3 is 10.6 Å². The van der Waals surface area contributed by atoms with E-state index in [1.807, 2.05) is 5.32 Å².